The molecule has 1 aromatic heterocycles. The molecule has 10 aromatic carbocycles. The summed E-state index contributed by atoms with van der Waals surface area (Å²) in [5.74, 6) is 0. The summed E-state index contributed by atoms with van der Waals surface area (Å²) in [6.45, 7) is 0. The van der Waals surface area contributed by atoms with Gasteiger partial charge in [-0.2, -0.15) is 0 Å². The Hall–Kier alpha value is -7.42. The molecule has 0 aliphatic rings. The Morgan fingerprint density at radius 2 is 0.946 bits per heavy atom. The molecule has 262 valence electrons. The van der Waals surface area contributed by atoms with Gasteiger partial charge in [0.05, 0.1) is 5.69 Å². The third kappa shape index (κ3) is 5.34. The number of hydrogen-bond donors (Lipinski definition) is 0. The highest BCUT2D eigenvalue weighted by molar-refractivity contribution is 6.22. The standard InChI is InChI=1S/C54H35NO/c1-2-13-36(14-3-1)40-18-12-19-44(34-40)55(43-29-27-38(28-30-43)41-26-25-37-15-4-5-16-39(37)33-41)50-31-32-52-54(48-23-10-11-24-51(48)56-52)53(50)49-35-42-17-6-7-20-45(42)46-21-8-9-22-47(46)49/h1-35H. The van der Waals surface area contributed by atoms with Crippen LogP contribution in [0.1, 0.15) is 0 Å². The Kier molecular flexibility index (Phi) is 7.53. The molecule has 2 heteroatoms. The van der Waals surface area contributed by atoms with E-state index in [1.54, 1.807) is 0 Å². The number of benzene rings is 10. The van der Waals surface area contributed by atoms with E-state index in [1.807, 2.05) is 0 Å². The van der Waals surface area contributed by atoms with Crippen LogP contribution in [0.15, 0.2) is 217 Å². The first kappa shape index (κ1) is 32.0. The van der Waals surface area contributed by atoms with Crippen molar-refractivity contribution in [2.24, 2.45) is 0 Å². The highest BCUT2D eigenvalue weighted by Crippen LogP contribution is 2.50. The molecule has 0 fully saturated rings. The summed E-state index contributed by atoms with van der Waals surface area (Å²) in [4.78, 5) is 2.43. The summed E-state index contributed by atoms with van der Waals surface area (Å²) in [6.07, 6.45) is 0. The summed E-state index contributed by atoms with van der Waals surface area (Å²) >= 11 is 0. The van der Waals surface area contributed by atoms with Crippen molar-refractivity contribution in [1.82, 2.24) is 0 Å². The largest absolute Gasteiger partial charge is 0.456 e. The molecule has 0 aliphatic carbocycles. The van der Waals surface area contributed by atoms with E-state index in [2.05, 4.69) is 217 Å². The fourth-order valence-electron chi connectivity index (χ4n) is 8.58. The maximum absolute atomic E-state index is 6.61. The number of nitrogens with zero attached hydrogens (tertiary/aromatic N) is 1. The highest BCUT2D eigenvalue weighted by Gasteiger charge is 2.24. The lowest BCUT2D eigenvalue weighted by atomic mass is 9.89. The molecular formula is C54H35NO. The lowest BCUT2D eigenvalue weighted by Crippen LogP contribution is -2.11. The van der Waals surface area contributed by atoms with Gasteiger partial charge < -0.3 is 9.32 Å². The molecule has 0 radical (unpaired) electrons. The van der Waals surface area contributed by atoms with Gasteiger partial charge in [-0.25, -0.2) is 0 Å². The zero-order valence-electron chi connectivity index (χ0n) is 30.6. The Morgan fingerprint density at radius 1 is 0.321 bits per heavy atom. The fourth-order valence-corrected chi connectivity index (χ4v) is 8.58. The average molecular weight is 714 g/mol. The number of rotatable bonds is 6. The minimum absolute atomic E-state index is 0.867. The maximum Gasteiger partial charge on any atom is 0.136 e. The second-order valence-electron chi connectivity index (χ2n) is 14.5. The van der Waals surface area contributed by atoms with Gasteiger partial charge >= 0.3 is 0 Å². The Bertz CT molecular complexity index is 3250. The molecular weight excluding hydrogens is 679 g/mol. The molecule has 0 atom stereocenters. The molecule has 11 rings (SSSR count). The zero-order valence-corrected chi connectivity index (χ0v) is 30.6. The van der Waals surface area contributed by atoms with Gasteiger partial charge in [0.2, 0.25) is 0 Å². The number of fused-ring (bicyclic) bond motifs is 7. The van der Waals surface area contributed by atoms with Gasteiger partial charge in [-0.1, -0.05) is 158 Å². The summed E-state index contributed by atoms with van der Waals surface area (Å²) < 4.78 is 6.61. The molecule has 0 amide bonds. The van der Waals surface area contributed by atoms with E-state index in [9.17, 15) is 0 Å². The second kappa shape index (κ2) is 13.2. The molecule has 2 nitrogen and oxygen atoms in total. The quantitative estimate of drug-likeness (QED) is 0.160. The maximum atomic E-state index is 6.61. The number of anilines is 3. The summed E-state index contributed by atoms with van der Waals surface area (Å²) in [6, 6.07) is 76.6. The monoisotopic (exact) mass is 713 g/mol. The van der Waals surface area contributed by atoms with E-state index >= 15 is 0 Å². The zero-order chi connectivity index (χ0) is 37.0. The Labute approximate surface area is 325 Å². The van der Waals surface area contributed by atoms with Crippen molar-refractivity contribution in [3.8, 4) is 33.4 Å². The van der Waals surface area contributed by atoms with Crippen LogP contribution < -0.4 is 4.90 Å². The van der Waals surface area contributed by atoms with Crippen LogP contribution in [0, 0.1) is 0 Å². The van der Waals surface area contributed by atoms with Gasteiger partial charge in [0.15, 0.2) is 0 Å². The van der Waals surface area contributed by atoms with Crippen molar-refractivity contribution in [2.75, 3.05) is 4.90 Å². The molecule has 0 saturated heterocycles. The van der Waals surface area contributed by atoms with Crippen molar-refractivity contribution in [2.45, 2.75) is 0 Å². The lowest BCUT2D eigenvalue weighted by molar-refractivity contribution is 0.669. The SMILES string of the molecule is c1ccc(-c2cccc(N(c3ccc(-c4ccc5ccccc5c4)cc3)c3ccc4oc5ccccc5c4c3-c3cc4ccccc4c4ccccc34)c2)cc1. The highest BCUT2D eigenvalue weighted by atomic mass is 16.3. The van der Waals surface area contributed by atoms with Crippen molar-refractivity contribution in [3.63, 3.8) is 0 Å². The Morgan fingerprint density at radius 3 is 1.79 bits per heavy atom. The van der Waals surface area contributed by atoms with E-state index in [0.29, 0.717) is 0 Å². The normalized spacial score (nSPS) is 11.6. The lowest BCUT2D eigenvalue weighted by Gasteiger charge is -2.29. The number of hydrogen-bond acceptors (Lipinski definition) is 2. The first-order valence-electron chi connectivity index (χ1n) is 19.2. The third-order valence-electron chi connectivity index (χ3n) is 11.2. The predicted octanol–water partition coefficient (Wildman–Crippen LogP) is 15.5. The van der Waals surface area contributed by atoms with Gasteiger partial charge in [0.25, 0.3) is 0 Å². The van der Waals surface area contributed by atoms with Crippen molar-refractivity contribution >= 4 is 71.3 Å². The van der Waals surface area contributed by atoms with Gasteiger partial charge in [0, 0.05) is 27.7 Å². The number of para-hydroxylation sites is 1. The molecule has 1 heterocycles. The van der Waals surface area contributed by atoms with Gasteiger partial charge in [-0.3, -0.25) is 0 Å². The molecule has 0 bridgehead atoms. The van der Waals surface area contributed by atoms with Gasteiger partial charge in [-0.15, -0.1) is 0 Å². The first-order valence-corrected chi connectivity index (χ1v) is 19.2. The molecule has 0 N–H and O–H groups in total. The first-order chi connectivity index (χ1) is 27.8. The number of furan rings is 1. The smallest absolute Gasteiger partial charge is 0.136 e. The Balaban J connectivity index is 1.20. The minimum Gasteiger partial charge on any atom is -0.456 e. The molecule has 56 heavy (non-hydrogen) atoms. The van der Waals surface area contributed by atoms with Crippen LogP contribution in [-0.4, -0.2) is 0 Å². The van der Waals surface area contributed by atoms with Crippen molar-refractivity contribution in [1.29, 1.82) is 0 Å². The van der Waals surface area contributed by atoms with Crippen molar-refractivity contribution < 1.29 is 4.42 Å². The fraction of sp³-hybridized carbons (Fsp3) is 0. The van der Waals surface area contributed by atoms with E-state index in [-0.39, 0.29) is 0 Å². The molecule has 0 spiro atoms. The van der Waals surface area contributed by atoms with E-state index in [4.69, 9.17) is 4.42 Å². The van der Waals surface area contributed by atoms with Crippen LogP contribution in [0.5, 0.6) is 0 Å². The minimum atomic E-state index is 0.867. The van der Waals surface area contributed by atoms with E-state index < -0.39 is 0 Å². The molecule has 11 aromatic rings. The third-order valence-corrected chi connectivity index (χ3v) is 11.2. The van der Waals surface area contributed by atoms with Crippen LogP contribution in [0.3, 0.4) is 0 Å². The topological polar surface area (TPSA) is 16.4 Å². The van der Waals surface area contributed by atoms with Crippen LogP contribution >= 0.6 is 0 Å². The summed E-state index contributed by atoms with van der Waals surface area (Å²) in [5.41, 5.74) is 12.0. The van der Waals surface area contributed by atoms with E-state index in [1.165, 1.54) is 54.6 Å². The van der Waals surface area contributed by atoms with Crippen LogP contribution in [-0.2, 0) is 0 Å². The molecule has 0 aliphatic heterocycles. The summed E-state index contributed by atoms with van der Waals surface area (Å²) in [5, 5.41) is 9.57. The molecule has 0 unspecified atom stereocenters. The predicted molar refractivity (Wildman–Crippen MR) is 237 cm³/mol. The molecule has 0 saturated carbocycles. The average Bonchev–Trinajstić information content (AvgIpc) is 3.66. The van der Waals surface area contributed by atoms with Crippen molar-refractivity contribution in [3.05, 3.63) is 212 Å². The second-order valence-corrected chi connectivity index (χ2v) is 14.5. The van der Waals surface area contributed by atoms with Crippen LogP contribution in [0.4, 0.5) is 17.1 Å². The van der Waals surface area contributed by atoms with Gasteiger partial charge in [0.1, 0.15) is 11.2 Å². The van der Waals surface area contributed by atoms with Crippen LogP contribution in [0.25, 0.3) is 87.6 Å². The van der Waals surface area contributed by atoms with Crippen LogP contribution in [0.2, 0.25) is 0 Å². The van der Waals surface area contributed by atoms with E-state index in [0.717, 1.165) is 50.1 Å². The van der Waals surface area contributed by atoms with Gasteiger partial charge in [-0.05, 0) is 115 Å². The summed E-state index contributed by atoms with van der Waals surface area (Å²) in [7, 11) is 0.